The lowest BCUT2D eigenvalue weighted by atomic mass is 9.95. The van der Waals surface area contributed by atoms with E-state index in [2.05, 4.69) is 0 Å². The Balaban J connectivity index is 2.14. The topological polar surface area (TPSA) is 253 Å². The molecule has 0 aromatic heterocycles. The molecule has 0 radical (unpaired) electrons. The fourth-order valence-electron chi connectivity index (χ4n) is 3.48. The second-order valence-corrected chi connectivity index (χ2v) is 7.79. The molecular weight excluding hydrogens is 456 g/mol. The molecule has 9 N–H and O–H groups in total. The summed E-state index contributed by atoms with van der Waals surface area (Å²) in [5.41, 5.74) is 0. The van der Waals surface area contributed by atoms with Crippen LogP contribution in [0, 0.1) is 0 Å². The molecule has 0 aromatic carbocycles. The molecule has 0 amide bonds. The first-order chi connectivity index (χ1) is 15.5. The molecule has 2 rings (SSSR count). The van der Waals surface area contributed by atoms with Crippen LogP contribution in [0.1, 0.15) is 25.7 Å². The van der Waals surface area contributed by atoms with Crippen LogP contribution in [0.2, 0.25) is 0 Å². The highest BCUT2D eigenvalue weighted by atomic mass is 16.8. The molecule has 192 valence electrons. The molecule has 10 atom stereocenters. The second kappa shape index (κ2) is 11.8. The Morgan fingerprint density at radius 3 is 2.09 bits per heavy atom. The second-order valence-electron chi connectivity index (χ2n) is 7.79. The molecule has 0 aliphatic carbocycles. The van der Waals surface area contributed by atoms with Gasteiger partial charge in [-0.2, -0.15) is 0 Å². The van der Waals surface area contributed by atoms with Gasteiger partial charge < -0.3 is 64.9 Å². The number of ether oxygens (including phenoxy) is 4. The van der Waals surface area contributed by atoms with Gasteiger partial charge in [0.1, 0.15) is 43.2 Å². The molecule has 0 unspecified atom stereocenters. The van der Waals surface area contributed by atoms with E-state index in [4.69, 9.17) is 24.1 Å². The number of aliphatic hydroxyl groups excluding tert-OH is 8. The van der Waals surface area contributed by atoms with Crippen molar-refractivity contribution in [1.29, 1.82) is 0 Å². The summed E-state index contributed by atoms with van der Waals surface area (Å²) < 4.78 is 20.5. The SMILES string of the molecule is O=C(O)CCCCC(=O)O[C@@]1(CO)O[C@H](O[C@H]2[C@H](O)[C@@H](O)[C@H](O)O[C@@H]2CO)[C@H](O)[C@H](O)[C@H]1O. The predicted octanol–water partition coefficient (Wildman–Crippen LogP) is -4.88. The van der Waals surface area contributed by atoms with Crippen LogP contribution in [0.3, 0.4) is 0 Å². The molecule has 0 spiro atoms. The van der Waals surface area contributed by atoms with Crippen LogP contribution < -0.4 is 0 Å². The van der Waals surface area contributed by atoms with Gasteiger partial charge in [-0.15, -0.1) is 0 Å². The number of esters is 1. The summed E-state index contributed by atoms with van der Waals surface area (Å²) in [6.45, 7) is -2.01. The van der Waals surface area contributed by atoms with Gasteiger partial charge in [0.2, 0.25) is 0 Å². The number of carboxylic acids is 1. The molecule has 33 heavy (non-hydrogen) atoms. The Morgan fingerprint density at radius 2 is 1.52 bits per heavy atom. The number of carbonyl (C=O) groups is 2. The van der Waals surface area contributed by atoms with Crippen molar-refractivity contribution in [1.82, 2.24) is 0 Å². The minimum absolute atomic E-state index is 0.0951. The van der Waals surface area contributed by atoms with Crippen molar-refractivity contribution < 1.29 is 74.5 Å². The number of aliphatic carboxylic acids is 1. The third-order valence-electron chi connectivity index (χ3n) is 5.38. The average molecular weight is 486 g/mol. The Kier molecular flexibility index (Phi) is 9.89. The van der Waals surface area contributed by atoms with Gasteiger partial charge in [-0.25, -0.2) is 0 Å². The maximum Gasteiger partial charge on any atom is 0.308 e. The normalized spacial score (nSPS) is 41.5. The first-order valence-corrected chi connectivity index (χ1v) is 10.2. The van der Waals surface area contributed by atoms with E-state index >= 15 is 0 Å². The van der Waals surface area contributed by atoms with Gasteiger partial charge in [-0.05, 0) is 12.8 Å². The van der Waals surface area contributed by atoms with Gasteiger partial charge >= 0.3 is 11.9 Å². The standard InChI is InChI=1S/C18H30O15/c19-5-7-14(10(24)12(26)16(29)30-7)31-17-13(27)11(25)15(28)18(6-20,33-17)32-9(23)4-2-1-3-8(21)22/h7,10-17,19-20,24-29H,1-6H2,(H,21,22)/t7-,10-,11+,12-,13-,14-,15-,16-,17+,18+/m1/s1. The zero-order valence-electron chi connectivity index (χ0n) is 17.4. The molecular formula is C18H30O15. The smallest absolute Gasteiger partial charge is 0.308 e. The van der Waals surface area contributed by atoms with E-state index in [-0.39, 0.29) is 25.7 Å². The summed E-state index contributed by atoms with van der Waals surface area (Å²) in [6.07, 6.45) is -17.1. The van der Waals surface area contributed by atoms with Gasteiger partial charge in [-0.3, -0.25) is 9.59 Å². The van der Waals surface area contributed by atoms with Crippen LogP contribution in [-0.4, -0.2) is 132 Å². The number of aliphatic hydroxyl groups is 8. The van der Waals surface area contributed by atoms with E-state index < -0.39 is 86.2 Å². The first kappa shape index (κ1) is 27.7. The van der Waals surface area contributed by atoms with E-state index in [0.717, 1.165) is 0 Å². The van der Waals surface area contributed by atoms with E-state index in [9.17, 15) is 50.4 Å². The van der Waals surface area contributed by atoms with Crippen LogP contribution in [0.4, 0.5) is 0 Å². The van der Waals surface area contributed by atoms with Crippen molar-refractivity contribution in [2.75, 3.05) is 13.2 Å². The Labute approximate surface area is 187 Å². The maximum absolute atomic E-state index is 12.2. The summed E-state index contributed by atoms with van der Waals surface area (Å²) in [4.78, 5) is 22.7. The largest absolute Gasteiger partial charge is 0.481 e. The minimum Gasteiger partial charge on any atom is -0.481 e. The number of carbonyl (C=O) groups excluding carboxylic acids is 1. The summed E-state index contributed by atoms with van der Waals surface area (Å²) in [6, 6.07) is 0. The van der Waals surface area contributed by atoms with Crippen molar-refractivity contribution in [3.63, 3.8) is 0 Å². The molecule has 2 aliphatic heterocycles. The molecule has 0 bridgehead atoms. The lowest BCUT2D eigenvalue weighted by Crippen LogP contribution is -2.69. The summed E-state index contributed by atoms with van der Waals surface area (Å²) in [5, 5.41) is 88.2. The van der Waals surface area contributed by atoms with Crippen molar-refractivity contribution in [3.05, 3.63) is 0 Å². The average Bonchev–Trinajstić information content (AvgIpc) is 2.78. The third-order valence-corrected chi connectivity index (χ3v) is 5.38. The molecule has 2 aliphatic rings. The van der Waals surface area contributed by atoms with Crippen LogP contribution in [-0.2, 0) is 28.5 Å². The summed E-state index contributed by atoms with van der Waals surface area (Å²) >= 11 is 0. The molecule has 15 nitrogen and oxygen atoms in total. The quantitative estimate of drug-likeness (QED) is 0.104. The first-order valence-electron chi connectivity index (χ1n) is 10.2. The van der Waals surface area contributed by atoms with Gasteiger partial charge in [-0.1, -0.05) is 0 Å². The zero-order chi connectivity index (χ0) is 24.9. The fraction of sp³-hybridized carbons (Fsp3) is 0.889. The monoisotopic (exact) mass is 486 g/mol. The van der Waals surface area contributed by atoms with E-state index in [1.54, 1.807) is 0 Å². The van der Waals surface area contributed by atoms with E-state index in [0.29, 0.717) is 0 Å². The van der Waals surface area contributed by atoms with Gasteiger partial charge in [0, 0.05) is 12.8 Å². The van der Waals surface area contributed by atoms with Crippen molar-refractivity contribution in [3.8, 4) is 0 Å². The van der Waals surface area contributed by atoms with E-state index in [1.165, 1.54) is 0 Å². The lowest BCUT2D eigenvalue weighted by molar-refractivity contribution is -0.416. The molecule has 2 heterocycles. The number of rotatable bonds is 10. The molecule has 2 fully saturated rings. The highest BCUT2D eigenvalue weighted by Crippen LogP contribution is 2.34. The number of hydrogen-bond acceptors (Lipinski definition) is 14. The molecule has 0 aromatic rings. The number of hydrogen-bond donors (Lipinski definition) is 9. The lowest BCUT2D eigenvalue weighted by Gasteiger charge is -2.48. The van der Waals surface area contributed by atoms with Gasteiger partial charge in [0.05, 0.1) is 6.61 Å². The van der Waals surface area contributed by atoms with Gasteiger partial charge in [0.25, 0.3) is 5.79 Å². The summed E-state index contributed by atoms with van der Waals surface area (Å²) in [5.74, 6) is -4.70. The van der Waals surface area contributed by atoms with Crippen molar-refractivity contribution >= 4 is 11.9 Å². The van der Waals surface area contributed by atoms with Crippen LogP contribution in [0.15, 0.2) is 0 Å². The number of unbranched alkanes of at least 4 members (excludes halogenated alkanes) is 1. The van der Waals surface area contributed by atoms with Crippen molar-refractivity contribution in [2.45, 2.75) is 86.8 Å². The van der Waals surface area contributed by atoms with Crippen LogP contribution in [0.25, 0.3) is 0 Å². The fourth-order valence-corrected chi connectivity index (χ4v) is 3.48. The highest BCUT2D eigenvalue weighted by molar-refractivity contribution is 5.70. The maximum atomic E-state index is 12.2. The highest BCUT2D eigenvalue weighted by Gasteiger charge is 2.58. The zero-order valence-corrected chi connectivity index (χ0v) is 17.4. The van der Waals surface area contributed by atoms with E-state index in [1.807, 2.05) is 0 Å². The molecule has 15 heteroatoms. The Morgan fingerprint density at radius 1 is 0.879 bits per heavy atom. The Bertz CT molecular complexity index is 659. The Hall–Kier alpha value is -1.50. The predicted molar refractivity (Wildman–Crippen MR) is 99.8 cm³/mol. The third kappa shape index (κ3) is 6.34. The molecule has 0 saturated carbocycles. The minimum atomic E-state index is -2.61. The number of carboxylic acid groups (broad SMARTS) is 1. The summed E-state index contributed by atoms with van der Waals surface area (Å²) in [7, 11) is 0. The molecule has 2 saturated heterocycles. The van der Waals surface area contributed by atoms with Gasteiger partial charge in [0.15, 0.2) is 18.7 Å². The van der Waals surface area contributed by atoms with Crippen molar-refractivity contribution in [2.24, 2.45) is 0 Å². The van der Waals surface area contributed by atoms with Crippen LogP contribution in [0.5, 0.6) is 0 Å². The van der Waals surface area contributed by atoms with Crippen LogP contribution >= 0.6 is 0 Å².